The highest BCUT2D eigenvalue weighted by atomic mass is 79.9. The Morgan fingerprint density at radius 1 is 1.29 bits per heavy atom. The van der Waals surface area contributed by atoms with Crippen LogP contribution in [0.5, 0.6) is 0 Å². The van der Waals surface area contributed by atoms with Crippen LogP contribution in [0.4, 0.5) is 0 Å². The van der Waals surface area contributed by atoms with Crippen molar-refractivity contribution in [3.8, 4) is 0 Å². The maximum absolute atomic E-state index is 3.50. The Bertz CT molecular complexity index is 283. The van der Waals surface area contributed by atoms with E-state index >= 15 is 0 Å². The average Bonchev–Trinajstić information content (AvgIpc) is 2.14. The van der Waals surface area contributed by atoms with Crippen LogP contribution >= 0.6 is 15.9 Å². The monoisotopic (exact) mass is 255 g/mol. The van der Waals surface area contributed by atoms with E-state index < -0.39 is 0 Å². The predicted octanol–water partition coefficient (Wildman–Crippen LogP) is 3.58. The molecule has 0 unspecified atom stereocenters. The Hall–Kier alpha value is -0.340. The van der Waals surface area contributed by atoms with Crippen LogP contribution in [-0.2, 0) is 6.54 Å². The van der Waals surface area contributed by atoms with Gasteiger partial charge >= 0.3 is 0 Å². The number of halogens is 1. The lowest BCUT2D eigenvalue weighted by atomic mass is 10.1. The van der Waals surface area contributed by atoms with Crippen LogP contribution in [0.3, 0.4) is 0 Å². The quantitative estimate of drug-likeness (QED) is 0.868. The van der Waals surface area contributed by atoms with Crippen LogP contribution in [0.25, 0.3) is 0 Å². The lowest BCUT2D eigenvalue weighted by Crippen LogP contribution is -2.30. The van der Waals surface area contributed by atoms with E-state index in [9.17, 15) is 0 Å². The lowest BCUT2D eigenvalue weighted by Gasteiger charge is -2.17. The molecule has 0 aliphatic carbocycles. The van der Waals surface area contributed by atoms with E-state index in [-0.39, 0.29) is 0 Å². The van der Waals surface area contributed by atoms with Crippen LogP contribution in [0.2, 0.25) is 0 Å². The topological polar surface area (TPSA) is 12.0 Å². The minimum absolute atomic E-state index is 0.564. The van der Waals surface area contributed by atoms with Crippen LogP contribution in [0, 0.1) is 5.92 Å². The van der Waals surface area contributed by atoms with Gasteiger partial charge in [0.05, 0.1) is 0 Å². The van der Waals surface area contributed by atoms with Gasteiger partial charge in [-0.05, 0) is 30.5 Å². The largest absolute Gasteiger partial charge is 0.310 e. The van der Waals surface area contributed by atoms with Crippen LogP contribution in [-0.4, -0.2) is 6.04 Å². The normalized spacial score (nSPS) is 13.2. The van der Waals surface area contributed by atoms with Crippen LogP contribution in [0.1, 0.15) is 26.3 Å². The SMILES string of the molecule is CC(C)[C@@H](C)NCc1cccc(Br)c1. The molecule has 2 heteroatoms. The van der Waals surface area contributed by atoms with Gasteiger partial charge in [0.1, 0.15) is 0 Å². The molecule has 1 aromatic carbocycles. The molecule has 14 heavy (non-hydrogen) atoms. The van der Waals surface area contributed by atoms with Crippen molar-refractivity contribution in [3.63, 3.8) is 0 Å². The first-order chi connectivity index (χ1) is 6.59. The first-order valence-corrected chi connectivity index (χ1v) is 5.86. The van der Waals surface area contributed by atoms with Crippen LogP contribution < -0.4 is 5.32 Å². The molecule has 0 fully saturated rings. The summed E-state index contributed by atoms with van der Waals surface area (Å²) in [6.45, 7) is 7.64. The van der Waals surface area contributed by atoms with Gasteiger partial charge in [-0.25, -0.2) is 0 Å². The molecule has 1 nitrogen and oxygen atoms in total. The molecule has 0 aromatic heterocycles. The molecular formula is C12H18BrN. The third-order valence-corrected chi connectivity index (χ3v) is 3.01. The summed E-state index contributed by atoms with van der Waals surface area (Å²) in [5.74, 6) is 0.683. The Morgan fingerprint density at radius 3 is 2.57 bits per heavy atom. The molecule has 78 valence electrons. The predicted molar refractivity (Wildman–Crippen MR) is 65.3 cm³/mol. The highest BCUT2D eigenvalue weighted by molar-refractivity contribution is 9.10. The fourth-order valence-electron chi connectivity index (χ4n) is 1.16. The van der Waals surface area contributed by atoms with Crippen molar-refractivity contribution in [1.29, 1.82) is 0 Å². The fraction of sp³-hybridized carbons (Fsp3) is 0.500. The van der Waals surface area contributed by atoms with Gasteiger partial charge < -0.3 is 5.32 Å². The zero-order valence-electron chi connectivity index (χ0n) is 9.05. The van der Waals surface area contributed by atoms with Gasteiger partial charge in [0.25, 0.3) is 0 Å². The number of rotatable bonds is 4. The molecule has 0 saturated heterocycles. The minimum atomic E-state index is 0.564. The van der Waals surface area contributed by atoms with Gasteiger partial charge in [-0.15, -0.1) is 0 Å². The molecule has 0 aliphatic heterocycles. The summed E-state index contributed by atoms with van der Waals surface area (Å²) < 4.78 is 1.15. The molecular weight excluding hydrogens is 238 g/mol. The van der Waals surface area contributed by atoms with E-state index in [1.807, 2.05) is 0 Å². The summed E-state index contributed by atoms with van der Waals surface area (Å²) in [5, 5.41) is 3.50. The van der Waals surface area contributed by atoms with Crippen LogP contribution in [0.15, 0.2) is 28.7 Å². The Balaban J connectivity index is 2.45. The first kappa shape index (κ1) is 11.7. The molecule has 0 radical (unpaired) electrons. The summed E-state index contributed by atoms with van der Waals surface area (Å²) in [4.78, 5) is 0. The van der Waals surface area contributed by atoms with E-state index in [1.165, 1.54) is 5.56 Å². The highest BCUT2D eigenvalue weighted by Crippen LogP contribution is 2.12. The number of hydrogen-bond donors (Lipinski definition) is 1. The summed E-state index contributed by atoms with van der Waals surface area (Å²) in [6.07, 6.45) is 0. The van der Waals surface area contributed by atoms with E-state index in [1.54, 1.807) is 0 Å². The second-order valence-electron chi connectivity index (χ2n) is 4.04. The molecule has 0 spiro atoms. The van der Waals surface area contributed by atoms with E-state index in [0.717, 1.165) is 11.0 Å². The Labute approximate surface area is 95.0 Å². The van der Waals surface area contributed by atoms with E-state index in [2.05, 4.69) is 66.3 Å². The molecule has 1 rings (SSSR count). The molecule has 0 heterocycles. The van der Waals surface area contributed by atoms with Crippen molar-refractivity contribution in [1.82, 2.24) is 5.32 Å². The van der Waals surface area contributed by atoms with Crippen molar-refractivity contribution >= 4 is 15.9 Å². The second-order valence-corrected chi connectivity index (χ2v) is 4.96. The standard InChI is InChI=1S/C12H18BrN/c1-9(2)10(3)14-8-11-5-4-6-12(13)7-11/h4-7,9-10,14H,8H2,1-3H3/t10-/m1/s1. The van der Waals surface area contributed by atoms with Crippen molar-refractivity contribution in [3.05, 3.63) is 34.3 Å². The molecule has 1 atom stereocenters. The van der Waals surface area contributed by atoms with Gasteiger partial charge in [-0.2, -0.15) is 0 Å². The maximum atomic E-state index is 3.50. The van der Waals surface area contributed by atoms with Gasteiger partial charge in [0, 0.05) is 17.1 Å². The van der Waals surface area contributed by atoms with Crippen molar-refractivity contribution in [2.45, 2.75) is 33.4 Å². The first-order valence-electron chi connectivity index (χ1n) is 5.07. The molecule has 0 aliphatic rings. The average molecular weight is 256 g/mol. The molecule has 1 N–H and O–H groups in total. The maximum Gasteiger partial charge on any atom is 0.0208 e. The van der Waals surface area contributed by atoms with Gasteiger partial charge in [0.2, 0.25) is 0 Å². The summed E-state index contributed by atoms with van der Waals surface area (Å²) in [5.41, 5.74) is 1.33. The van der Waals surface area contributed by atoms with Crippen molar-refractivity contribution in [2.24, 2.45) is 5.92 Å². The van der Waals surface area contributed by atoms with E-state index in [4.69, 9.17) is 0 Å². The smallest absolute Gasteiger partial charge is 0.0208 e. The summed E-state index contributed by atoms with van der Waals surface area (Å²) in [7, 11) is 0. The Kier molecular flexibility index (Phi) is 4.63. The zero-order valence-corrected chi connectivity index (χ0v) is 10.6. The lowest BCUT2D eigenvalue weighted by molar-refractivity contribution is 0.426. The number of hydrogen-bond acceptors (Lipinski definition) is 1. The molecule has 0 amide bonds. The molecule has 0 bridgehead atoms. The number of benzene rings is 1. The third-order valence-electron chi connectivity index (χ3n) is 2.52. The highest BCUT2D eigenvalue weighted by Gasteiger charge is 2.05. The summed E-state index contributed by atoms with van der Waals surface area (Å²) in [6, 6.07) is 8.98. The number of nitrogens with one attached hydrogen (secondary N) is 1. The van der Waals surface area contributed by atoms with Gasteiger partial charge in [-0.3, -0.25) is 0 Å². The molecule has 1 aromatic rings. The van der Waals surface area contributed by atoms with Gasteiger partial charge in [0.15, 0.2) is 0 Å². The molecule has 0 saturated carbocycles. The van der Waals surface area contributed by atoms with E-state index in [0.29, 0.717) is 12.0 Å². The van der Waals surface area contributed by atoms with Crippen molar-refractivity contribution in [2.75, 3.05) is 0 Å². The zero-order chi connectivity index (χ0) is 10.6. The third kappa shape index (κ3) is 3.81. The minimum Gasteiger partial charge on any atom is -0.310 e. The fourth-order valence-corrected chi connectivity index (χ4v) is 1.61. The van der Waals surface area contributed by atoms with Crippen molar-refractivity contribution < 1.29 is 0 Å². The summed E-state index contributed by atoms with van der Waals surface area (Å²) >= 11 is 3.47. The Morgan fingerprint density at radius 2 is 2.00 bits per heavy atom. The van der Waals surface area contributed by atoms with Gasteiger partial charge in [-0.1, -0.05) is 41.9 Å². The second kappa shape index (κ2) is 5.52.